The fourth-order valence-electron chi connectivity index (χ4n) is 1.63. The second-order valence-corrected chi connectivity index (χ2v) is 5.26. The number of ether oxygens (including phenoxy) is 1. The highest BCUT2D eigenvalue weighted by Gasteiger charge is 2.22. The van der Waals surface area contributed by atoms with E-state index < -0.39 is 5.41 Å². The van der Waals surface area contributed by atoms with Crippen molar-refractivity contribution >= 4 is 11.8 Å². The van der Waals surface area contributed by atoms with Crippen LogP contribution >= 0.6 is 0 Å². The predicted octanol–water partition coefficient (Wildman–Crippen LogP) is 3.02. The Labute approximate surface area is 108 Å². The Morgan fingerprint density at radius 1 is 1.22 bits per heavy atom. The number of hydrogen-bond acceptors (Lipinski definition) is 3. The lowest BCUT2D eigenvalue weighted by Gasteiger charge is -2.16. The molecule has 3 heteroatoms. The zero-order valence-corrected chi connectivity index (χ0v) is 11.4. The third-order valence-corrected chi connectivity index (χ3v) is 2.52. The number of ketones is 1. The van der Waals surface area contributed by atoms with Crippen molar-refractivity contribution in [1.82, 2.24) is 0 Å². The van der Waals surface area contributed by atoms with E-state index in [0.29, 0.717) is 12.2 Å². The maximum Gasteiger partial charge on any atom is 0.310 e. The first-order valence-electron chi connectivity index (χ1n) is 6.14. The second kappa shape index (κ2) is 5.80. The van der Waals surface area contributed by atoms with Crippen LogP contribution in [-0.4, -0.2) is 18.4 Å². The van der Waals surface area contributed by atoms with Crippen LogP contribution in [0.25, 0.3) is 0 Å². The van der Waals surface area contributed by atoms with Crippen molar-refractivity contribution in [3.8, 4) is 0 Å². The highest BCUT2D eigenvalue weighted by Crippen LogP contribution is 2.21. The summed E-state index contributed by atoms with van der Waals surface area (Å²) in [6, 6.07) is 7.18. The summed E-state index contributed by atoms with van der Waals surface area (Å²) >= 11 is 0. The summed E-state index contributed by atoms with van der Waals surface area (Å²) in [4.78, 5) is 23.5. The standard InChI is InChI=1S/C15H20O3/c1-5-18-13(16)10-11-7-6-8-12(9-11)14(17)15(2,3)4/h6-9H,5,10H2,1-4H3. The molecule has 0 unspecified atom stereocenters. The Bertz CT molecular complexity index is 441. The Hall–Kier alpha value is -1.64. The molecule has 1 aromatic carbocycles. The third kappa shape index (κ3) is 3.99. The molecule has 0 fully saturated rings. The molecule has 0 aliphatic rings. The smallest absolute Gasteiger partial charge is 0.310 e. The van der Waals surface area contributed by atoms with Gasteiger partial charge in [-0.3, -0.25) is 9.59 Å². The lowest BCUT2D eigenvalue weighted by atomic mass is 9.86. The molecule has 0 amide bonds. The molecule has 0 aliphatic heterocycles. The summed E-state index contributed by atoms with van der Waals surface area (Å²) in [6.45, 7) is 7.80. The van der Waals surface area contributed by atoms with Crippen molar-refractivity contribution < 1.29 is 14.3 Å². The van der Waals surface area contributed by atoms with Crippen molar-refractivity contribution in [2.45, 2.75) is 34.1 Å². The lowest BCUT2D eigenvalue weighted by Crippen LogP contribution is -2.20. The predicted molar refractivity (Wildman–Crippen MR) is 70.6 cm³/mol. The van der Waals surface area contributed by atoms with Gasteiger partial charge in [0.25, 0.3) is 0 Å². The van der Waals surface area contributed by atoms with Gasteiger partial charge in [-0.05, 0) is 18.6 Å². The minimum absolute atomic E-state index is 0.0770. The minimum Gasteiger partial charge on any atom is -0.466 e. The SMILES string of the molecule is CCOC(=O)Cc1cccc(C(=O)C(C)(C)C)c1. The zero-order valence-electron chi connectivity index (χ0n) is 11.4. The first-order chi connectivity index (χ1) is 8.34. The molecule has 0 aromatic heterocycles. The van der Waals surface area contributed by atoms with Gasteiger partial charge in [0.15, 0.2) is 5.78 Å². The first-order valence-corrected chi connectivity index (χ1v) is 6.14. The van der Waals surface area contributed by atoms with Crippen molar-refractivity contribution in [2.75, 3.05) is 6.61 Å². The van der Waals surface area contributed by atoms with E-state index in [9.17, 15) is 9.59 Å². The summed E-state index contributed by atoms with van der Waals surface area (Å²) in [5.74, 6) is -0.189. The number of rotatable bonds is 4. The quantitative estimate of drug-likeness (QED) is 0.607. The second-order valence-electron chi connectivity index (χ2n) is 5.26. The van der Waals surface area contributed by atoms with Gasteiger partial charge in [-0.2, -0.15) is 0 Å². The Morgan fingerprint density at radius 2 is 1.89 bits per heavy atom. The highest BCUT2D eigenvalue weighted by molar-refractivity contribution is 6.00. The van der Waals surface area contributed by atoms with Gasteiger partial charge in [-0.15, -0.1) is 0 Å². The van der Waals surface area contributed by atoms with Gasteiger partial charge < -0.3 is 4.74 Å². The number of Topliss-reactive ketones (excluding diaryl/α,β-unsaturated/α-hetero) is 1. The van der Waals surface area contributed by atoms with Gasteiger partial charge in [0.1, 0.15) is 0 Å². The molecular formula is C15H20O3. The number of benzene rings is 1. The van der Waals surface area contributed by atoms with E-state index in [1.807, 2.05) is 26.8 Å². The molecule has 0 saturated carbocycles. The van der Waals surface area contributed by atoms with E-state index >= 15 is 0 Å². The van der Waals surface area contributed by atoms with Crippen LogP contribution in [0, 0.1) is 5.41 Å². The van der Waals surface area contributed by atoms with E-state index in [2.05, 4.69) is 0 Å². The molecule has 0 aliphatic carbocycles. The fourth-order valence-corrected chi connectivity index (χ4v) is 1.63. The van der Waals surface area contributed by atoms with E-state index in [1.165, 1.54) is 0 Å². The van der Waals surface area contributed by atoms with Crippen LogP contribution in [0.2, 0.25) is 0 Å². The number of hydrogen-bond donors (Lipinski definition) is 0. The topological polar surface area (TPSA) is 43.4 Å². The largest absolute Gasteiger partial charge is 0.466 e. The molecule has 0 atom stereocenters. The Morgan fingerprint density at radius 3 is 2.44 bits per heavy atom. The van der Waals surface area contributed by atoms with Crippen LogP contribution in [0.1, 0.15) is 43.6 Å². The molecule has 0 radical (unpaired) electrons. The molecule has 0 spiro atoms. The number of esters is 1. The summed E-state index contributed by atoms with van der Waals surface area (Å²) in [5.41, 5.74) is 1.04. The summed E-state index contributed by atoms with van der Waals surface area (Å²) in [7, 11) is 0. The lowest BCUT2D eigenvalue weighted by molar-refractivity contribution is -0.142. The molecule has 0 N–H and O–H groups in total. The first kappa shape index (κ1) is 14.4. The van der Waals surface area contributed by atoms with Crippen molar-refractivity contribution in [2.24, 2.45) is 5.41 Å². The van der Waals surface area contributed by atoms with Crippen molar-refractivity contribution in [3.63, 3.8) is 0 Å². The van der Waals surface area contributed by atoms with Gasteiger partial charge in [-0.25, -0.2) is 0 Å². The summed E-state index contributed by atoms with van der Waals surface area (Å²) in [6.07, 6.45) is 0.207. The maximum absolute atomic E-state index is 12.1. The maximum atomic E-state index is 12.1. The van der Waals surface area contributed by atoms with E-state index in [-0.39, 0.29) is 18.2 Å². The summed E-state index contributed by atoms with van der Waals surface area (Å²) < 4.78 is 4.89. The van der Waals surface area contributed by atoms with Crippen LogP contribution in [0.15, 0.2) is 24.3 Å². The van der Waals surface area contributed by atoms with Gasteiger partial charge in [0.05, 0.1) is 13.0 Å². The molecule has 3 nitrogen and oxygen atoms in total. The molecule has 1 rings (SSSR count). The van der Waals surface area contributed by atoms with Gasteiger partial charge in [0, 0.05) is 11.0 Å². The third-order valence-electron chi connectivity index (χ3n) is 2.52. The molecule has 98 valence electrons. The summed E-state index contributed by atoms with van der Waals surface area (Å²) in [5, 5.41) is 0. The van der Waals surface area contributed by atoms with Crippen LogP contribution in [-0.2, 0) is 16.0 Å². The van der Waals surface area contributed by atoms with Gasteiger partial charge >= 0.3 is 5.97 Å². The van der Waals surface area contributed by atoms with Gasteiger partial charge in [-0.1, -0.05) is 39.0 Å². The zero-order chi connectivity index (χ0) is 13.8. The normalized spacial score (nSPS) is 11.1. The van der Waals surface area contributed by atoms with E-state index in [0.717, 1.165) is 5.56 Å². The van der Waals surface area contributed by atoms with Crippen LogP contribution in [0.4, 0.5) is 0 Å². The Balaban J connectivity index is 2.86. The average molecular weight is 248 g/mol. The van der Waals surface area contributed by atoms with Crippen LogP contribution in [0.5, 0.6) is 0 Å². The Kier molecular flexibility index (Phi) is 4.65. The molecule has 0 heterocycles. The fraction of sp³-hybridized carbons (Fsp3) is 0.467. The van der Waals surface area contributed by atoms with E-state index in [1.54, 1.807) is 25.1 Å². The average Bonchev–Trinajstić information content (AvgIpc) is 2.27. The van der Waals surface area contributed by atoms with Gasteiger partial charge in [0.2, 0.25) is 0 Å². The van der Waals surface area contributed by atoms with Crippen LogP contribution in [0.3, 0.4) is 0 Å². The number of carbonyl (C=O) groups excluding carboxylic acids is 2. The highest BCUT2D eigenvalue weighted by atomic mass is 16.5. The van der Waals surface area contributed by atoms with E-state index in [4.69, 9.17) is 4.74 Å². The molecule has 0 bridgehead atoms. The molecule has 18 heavy (non-hydrogen) atoms. The minimum atomic E-state index is -0.414. The van der Waals surface area contributed by atoms with Crippen molar-refractivity contribution in [1.29, 1.82) is 0 Å². The molecule has 1 aromatic rings. The molecular weight excluding hydrogens is 228 g/mol. The number of carbonyl (C=O) groups is 2. The van der Waals surface area contributed by atoms with Crippen molar-refractivity contribution in [3.05, 3.63) is 35.4 Å². The monoisotopic (exact) mass is 248 g/mol. The molecule has 0 saturated heterocycles. The van der Waals surface area contributed by atoms with Crippen LogP contribution < -0.4 is 0 Å².